The largest absolute Gasteiger partial charge is 0.379 e. The first-order chi connectivity index (χ1) is 9.24. The van der Waals surface area contributed by atoms with E-state index in [4.69, 9.17) is 16.3 Å². The zero-order chi connectivity index (χ0) is 13.2. The smallest absolute Gasteiger partial charge is 0.326 e. The van der Waals surface area contributed by atoms with Crippen molar-refractivity contribution in [1.82, 2.24) is 14.5 Å². The van der Waals surface area contributed by atoms with Gasteiger partial charge in [-0.15, -0.1) is 12.4 Å². The van der Waals surface area contributed by atoms with Gasteiger partial charge in [-0.05, 0) is 18.2 Å². The Bertz CT molecular complexity index is 632. The molecule has 2 heterocycles. The number of nitrogens with zero attached hydrogens (tertiary/aromatic N) is 2. The molecule has 1 saturated heterocycles. The zero-order valence-corrected chi connectivity index (χ0v) is 12.5. The van der Waals surface area contributed by atoms with Gasteiger partial charge in [-0.2, -0.15) is 0 Å². The predicted molar refractivity (Wildman–Crippen MR) is 82.1 cm³/mol. The Balaban J connectivity index is 0.00000147. The van der Waals surface area contributed by atoms with Crippen molar-refractivity contribution in [2.24, 2.45) is 0 Å². The Labute approximate surface area is 127 Å². The molecule has 5 nitrogen and oxygen atoms in total. The Hall–Kier alpha value is -1.01. The van der Waals surface area contributed by atoms with E-state index in [-0.39, 0.29) is 18.1 Å². The van der Waals surface area contributed by atoms with Crippen molar-refractivity contribution < 1.29 is 4.74 Å². The average Bonchev–Trinajstić information content (AvgIpc) is 2.73. The highest BCUT2D eigenvalue weighted by Crippen LogP contribution is 2.16. The highest BCUT2D eigenvalue weighted by molar-refractivity contribution is 6.31. The number of nitrogens with one attached hydrogen (secondary N) is 1. The average molecular weight is 318 g/mol. The van der Waals surface area contributed by atoms with E-state index in [0.717, 1.165) is 43.9 Å². The van der Waals surface area contributed by atoms with Crippen molar-refractivity contribution in [2.45, 2.75) is 6.54 Å². The molecule has 0 unspecified atom stereocenters. The molecular weight excluding hydrogens is 301 g/mol. The first kappa shape index (κ1) is 15.4. The molecule has 0 radical (unpaired) electrons. The molecule has 7 heteroatoms. The van der Waals surface area contributed by atoms with Gasteiger partial charge in [-0.3, -0.25) is 9.47 Å². The van der Waals surface area contributed by atoms with Crippen molar-refractivity contribution in [3.05, 3.63) is 33.7 Å². The molecule has 0 aliphatic carbocycles. The zero-order valence-electron chi connectivity index (χ0n) is 11.0. The van der Waals surface area contributed by atoms with E-state index >= 15 is 0 Å². The summed E-state index contributed by atoms with van der Waals surface area (Å²) < 4.78 is 7.06. The van der Waals surface area contributed by atoms with E-state index in [0.29, 0.717) is 11.6 Å². The van der Waals surface area contributed by atoms with E-state index in [1.807, 2.05) is 12.1 Å². The topological polar surface area (TPSA) is 50.3 Å². The molecule has 110 valence electrons. The molecule has 0 bridgehead atoms. The minimum absolute atomic E-state index is 0. The predicted octanol–water partition coefficient (Wildman–Crippen LogP) is 1.74. The lowest BCUT2D eigenvalue weighted by Gasteiger charge is -2.26. The van der Waals surface area contributed by atoms with Crippen molar-refractivity contribution in [3.63, 3.8) is 0 Å². The monoisotopic (exact) mass is 317 g/mol. The summed E-state index contributed by atoms with van der Waals surface area (Å²) in [6.07, 6.45) is 0. The van der Waals surface area contributed by atoms with Crippen molar-refractivity contribution >= 4 is 35.0 Å². The molecule has 0 amide bonds. The summed E-state index contributed by atoms with van der Waals surface area (Å²) in [5, 5.41) is 0.645. The molecule has 3 rings (SSSR count). The summed E-state index contributed by atoms with van der Waals surface area (Å²) in [7, 11) is 0. The van der Waals surface area contributed by atoms with Crippen LogP contribution >= 0.6 is 24.0 Å². The van der Waals surface area contributed by atoms with Crippen molar-refractivity contribution in [2.75, 3.05) is 32.8 Å². The maximum Gasteiger partial charge on any atom is 0.326 e. The second-order valence-corrected chi connectivity index (χ2v) is 5.13. The lowest BCUT2D eigenvalue weighted by molar-refractivity contribution is 0.0364. The van der Waals surface area contributed by atoms with Gasteiger partial charge in [-0.25, -0.2) is 4.79 Å². The van der Waals surface area contributed by atoms with Gasteiger partial charge in [0.15, 0.2) is 0 Å². The third kappa shape index (κ3) is 3.17. The third-order valence-corrected chi connectivity index (χ3v) is 3.72. The Morgan fingerprint density at radius 1 is 1.25 bits per heavy atom. The van der Waals surface area contributed by atoms with Crippen LogP contribution in [0.15, 0.2) is 23.0 Å². The van der Waals surface area contributed by atoms with Crippen LogP contribution in [0.1, 0.15) is 0 Å². The fourth-order valence-electron chi connectivity index (χ4n) is 2.41. The minimum atomic E-state index is -0.0782. The summed E-state index contributed by atoms with van der Waals surface area (Å²) in [6.45, 7) is 4.92. The Morgan fingerprint density at radius 2 is 2.00 bits per heavy atom. The maximum absolute atomic E-state index is 11.9. The van der Waals surface area contributed by atoms with E-state index in [1.165, 1.54) is 0 Å². The van der Waals surface area contributed by atoms with Gasteiger partial charge in [0.2, 0.25) is 0 Å². The van der Waals surface area contributed by atoms with E-state index in [1.54, 1.807) is 10.6 Å². The number of rotatable bonds is 3. The molecule has 20 heavy (non-hydrogen) atoms. The van der Waals surface area contributed by atoms with E-state index in [9.17, 15) is 4.79 Å². The second kappa shape index (κ2) is 6.63. The highest BCUT2D eigenvalue weighted by Gasteiger charge is 2.12. The second-order valence-electron chi connectivity index (χ2n) is 4.70. The molecule has 0 saturated carbocycles. The molecule has 1 N–H and O–H groups in total. The molecule has 0 atom stereocenters. The Kier molecular flexibility index (Phi) is 5.10. The van der Waals surface area contributed by atoms with Gasteiger partial charge >= 0.3 is 5.69 Å². The molecule has 1 aromatic heterocycles. The van der Waals surface area contributed by atoms with Crippen molar-refractivity contribution in [1.29, 1.82) is 0 Å². The molecule has 1 aliphatic rings. The fraction of sp³-hybridized carbons (Fsp3) is 0.462. The van der Waals surface area contributed by atoms with Crippen LogP contribution in [-0.4, -0.2) is 47.3 Å². The number of halogens is 2. The van der Waals surface area contributed by atoms with Crippen LogP contribution in [0.5, 0.6) is 0 Å². The highest BCUT2D eigenvalue weighted by atomic mass is 35.5. The number of fused-ring (bicyclic) bond motifs is 1. The number of aromatic nitrogens is 2. The number of benzene rings is 1. The van der Waals surface area contributed by atoms with Crippen LogP contribution in [0.25, 0.3) is 11.0 Å². The quantitative estimate of drug-likeness (QED) is 0.938. The molecule has 1 aromatic carbocycles. The lowest BCUT2D eigenvalue weighted by atomic mass is 10.3. The van der Waals surface area contributed by atoms with Gasteiger partial charge in [-0.1, -0.05) is 11.6 Å². The van der Waals surface area contributed by atoms with Crippen LogP contribution in [0.4, 0.5) is 0 Å². The van der Waals surface area contributed by atoms with Crippen LogP contribution < -0.4 is 5.69 Å². The van der Waals surface area contributed by atoms with Gasteiger partial charge in [0, 0.05) is 31.2 Å². The number of imidazole rings is 1. The SMILES string of the molecule is Cl.O=c1[nH]c2ccc(Cl)cc2n1CCN1CCOCC1. The van der Waals surface area contributed by atoms with Crippen LogP contribution in [0, 0.1) is 0 Å². The minimum Gasteiger partial charge on any atom is -0.379 e. The van der Waals surface area contributed by atoms with Gasteiger partial charge < -0.3 is 9.72 Å². The van der Waals surface area contributed by atoms with Gasteiger partial charge in [0.25, 0.3) is 0 Å². The summed E-state index contributed by atoms with van der Waals surface area (Å²) in [4.78, 5) is 17.1. The lowest BCUT2D eigenvalue weighted by Crippen LogP contribution is -2.39. The Morgan fingerprint density at radius 3 is 2.75 bits per heavy atom. The number of H-pyrrole nitrogens is 1. The number of morpholine rings is 1. The molecule has 2 aromatic rings. The summed E-state index contributed by atoms with van der Waals surface area (Å²) >= 11 is 5.99. The molecule has 0 spiro atoms. The van der Waals surface area contributed by atoms with Gasteiger partial charge in [0.1, 0.15) is 0 Å². The fourth-order valence-corrected chi connectivity index (χ4v) is 2.58. The first-order valence-corrected chi connectivity index (χ1v) is 6.80. The normalized spacial score (nSPS) is 16.2. The summed E-state index contributed by atoms with van der Waals surface area (Å²) in [6, 6.07) is 5.45. The number of hydrogen-bond donors (Lipinski definition) is 1. The van der Waals surface area contributed by atoms with Crippen LogP contribution in [0.2, 0.25) is 5.02 Å². The number of ether oxygens (including phenoxy) is 1. The van der Waals surface area contributed by atoms with Crippen LogP contribution in [-0.2, 0) is 11.3 Å². The van der Waals surface area contributed by atoms with E-state index < -0.39 is 0 Å². The van der Waals surface area contributed by atoms with Crippen LogP contribution in [0.3, 0.4) is 0 Å². The summed E-state index contributed by atoms with van der Waals surface area (Å²) in [5.74, 6) is 0. The van der Waals surface area contributed by atoms with E-state index in [2.05, 4.69) is 9.88 Å². The molecular formula is C13H17Cl2N3O2. The van der Waals surface area contributed by atoms with Gasteiger partial charge in [0.05, 0.1) is 24.2 Å². The maximum atomic E-state index is 11.9. The first-order valence-electron chi connectivity index (χ1n) is 6.42. The molecule has 1 fully saturated rings. The third-order valence-electron chi connectivity index (χ3n) is 3.48. The summed E-state index contributed by atoms with van der Waals surface area (Å²) in [5.41, 5.74) is 1.62. The molecule has 1 aliphatic heterocycles. The van der Waals surface area contributed by atoms with Crippen molar-refractivity contribution in [3.8, 4) is 0 Å². The number of aromatic amines is 1. The standard InChI is InChI=1S/C13H16ClN3O2.ClH/c14-10-1-2-11-12(9-10)17(13(18)15-11)4-3-16-5-7-19-8-6-16;/h1-2,9H,3-8H2,(H,15,18);1H. The number of hydrogen-bond acceptors (Lipinski definition) is 3.